The fraction of sp³-hybridized carbons (Fsp3) is 0.286. The molecule has 0 bridgehead atoms. The minimum atomic E-state index is -2.80. The van der Waals surface area contributed by atoms with Gasteiger partial charge in [-0.2, -0.15) is 9.78 Å². The maximum Gasteiger partial charge on any atom is 0.435 e. The fourth-order valence-electron chi connectivity index (χ4n) is 4.39. The second kappa shape index (κ2) is 9.42. The summed E-state index contributed by atoms with van der Waals surface area (Å²) < 4.78 is 14.8. The Morgan fingerprint density at radius 3 is 1.89 bits per heavy atom. The Morgan fingerprint density at radius 2 is 1.40 bits per heavy atom. The van der Waals surface area contributed by atoms with Gasteiger partial charge in [0.1, 0.15) is 15.1 Å². The molecule has 5 nitrogen and oxygen atoms in total. The molecule has 0 N–H and O–H groups in total. The van der Waals surface area contributed by atoms with Gasteiger partial charge in [0.2, 0.25) is 0 Å². The minimum Gasteiger partial charge on any atom is -0.534 e. The van der Waals surface area contributed by atoms with Gasteiger partial charge in [-0.3, -0.25) is 0 Å². The van der Waals surface area contributed by atoms with Gasteiger partial charge >= 0.3 is 14.4 Å². The molecule has 0 fully saturated rings. The first-order valence-corrected chi connectivity index (χ1v) is 14.6. The lowest BCUT2D eigenvalue weighted by Gasteiger charge is -2.43. The van der Waals surface area contributed by atoms with E-state index in [-0.39, 0.29) is 5.04 Å². The van der Waals surface area contributed by atoms with Crippen LogP contribution in [0.25, 0.3) is 10.9 Å². The summed E-state index contributed by atoms with van der Waals surface area (Å²) in [4.78, 5) is 12.9. The Kier molecular flexibility index (Phi) is 6.85. The average molecular weight is 599 g/mol. The highest BCUT2D eigenvalue weighted by Gasteiger charge is 2.52. The molecule has 182 valence electrons. The number of hydrogen-bond acceptors (Lipinski definition) is 4. The number of halogens is 1. The zero-order valence-electron chi connectivity index (χ0n) is 21.0. The predicted molar refractivity (Wildman–Crippen MR) is 152 cm³/mol. The van der Waals surface area contributed by atoms with Gasteiger partial charge < -0.3 is 9.16 Å². The standard InChI is InChI=1S/C28H31IN2O3Si/c1-27(2,3)33-26(32)31-24-19-20(17-18-23(24)25(29)30-31)34-35(28(4,5)6,21-13-9-7-10-14-21)22-15-11-8-12-16-22/h7-19H,1-6H3. The van der Waals surface area contributed by atoms with Gasteiger partial charge in [0, 0.05) is 11.5 Å². The minimum absolute atomic E-state index is 0.176. The van der Waals surface area contributed by atoms with Crippen LogP contribution in [0.15, 0.2) is 78.9 Å². The van der Waals surface area contributed by atoms with E-state index in [0.29, 0.717) is 11.3 Å². The summed E-state index contributed by atoms with van der Waals surface area (Å²) in [5.74, 6) is 0.702. The molecule has 7 heteroatoms. The van der Waals surface area contributed by atoms with Crippen LogP contribution in [-0.2, 0) is 4.74 Å². The maximum absolute atomic E-state index is 12.9. The molecule has 0 aliphatic rings. The highest BCUT2D eigenvalue weighted by molar-refractivity contribution is 14.1. The fourth-order valence-corrected chi connectivity index (χ4v) is 9.47. The van der Waals surface area contributed by atoms with Crippen LogP contribution in [0.3, 0.4) is 0 Å². The molecule has 0 aliphatic carbocycles. The molecule has 3 aromatic carbocycles. The van der Waals surface area contributed by atoms with E-state index in [0.717, 1.165) is 9.09 Å². The van der Waals surface area contributed by atoms with Crippen LogP contribution in [0.4, 0.5) is 4.79 Å². The third kappa shape index (κ3) is 5.02. The van der Waals surface area contributed by atoms with Crippen molar-refractivity contribution in [1.82, 2.24) is 9.78 Å². The molecule has 35 heavy (non-hydrogen) atoms. The Hall–Kier alpha value is -2.65. The highest BCUT2D eigenvalue weighted by atomic mass is 127. The summed E-state index contributed by atoms with van der Waals surface area (Å²) in [6.07, 6.45) is -0.506. The van der Waals surface area contributed by atoms with Gasteiger partial charge in [0.15, 0.2) is 0 Å². The third-order valence-electron chi connectivity index (χ3n) is 5.86. The van der Waals surface area contributed by atoms with E-state index in [1.165, 1.54) is 15.1 Å². The number of carbonyl (C=O) groups is 1. The number of benzene rings is 3. The van der Waals surface area contributed by atoms with Gasteiger partial charge in [-0.25, -0.2) is 4.79 Å². The van der Waals surface area contributed by atoms with Crippen LogP contribution in [-0.4, -0.2) is 29.8 Å². The van der Waals surface area contributed by atoms with Crippen molar-refractivity contribution in [3.63, 3.8) is 0 Å². The van der Waals surface area contributed by atoms with Crippen LogP contribution in [0, 0.1) is 3.70 Å². The molecule has 0 saturated carbocycles. The van der Waals surface area contributed by atoms with E-state index in [9.17, 15) is 4.79 Å². The van der Waals surface area contributed by atoms with Crippen LogP contribution in [0.1, 0.15) is 41.5 Å². The van der Waals surface area contributed by atoms with Gasteiger partial charge in [-0.1, -0.05) is 81.4 Å². The molecule has 4 rings (SSSR count). The van der Waals surface area contributed by atoms with Crippen molar-refractivity contribution in [1.29, 1.82) is 0 Å². The molecule has 0 amide bonds. The van der Waals surface area contributed by atoms with E-state index < -0.39 is 20.0 Å². The predicted octanol–water partition coefficient (Wildman–Crippen LogP) is 6.36. The van der Waals surface area contributed by atoms with Crippen molar-refractivity contribution in [2.75, 3.05) is 0 Å². The van der Waals surface area contributed by atoms with Crippen molar-refractivity contribution in [3.05, 3.63) is 82.6 Å². The molecule has 0 radical (unpaired) electrons. The molecule has 4 aromatic rings. The molecular weight excluding hydrogens is 567 g/mol. The van der Waals surface area contributed by atoms with Crippen LogP contribution < -0.4 is 14.8 Å². The molecular formula is C28H31IN2O3Si. The van der Waals surface area contributed by atoms with E-state index in [1.807, 2.05) is 51.1 Å². The number of rotatable bonds is 4. The van der Waals surface area contributed by atoms with Gasteiger partial charge in [0.25, 0.3) is 0 Å². The SMILES string of the molecule is CC(C)(C)OC(=O)n1nc(I)c2ccc(O[Si](c3ccccc3)(c3ccccc3)C(C)(C)C)cc21. The summed E-state index contributed by atoms with van der Waals surface area (Å²) in [7, 11) is -2.80. The lowest BCUT2D eigenvalue weighted by molar-refractivity contribution is 0.0522. The lowest BCUT2D eigenvalue weighted by atomic mass is 10.2. The topological polar surface area (TPSA) is 53.4 Å². The Labute approximate surface area is 221 Å². The first-order valence-electron chi connectivity index (χ1n) is 11.6. The third-order valence-corrected chi connectivity index (χ3v) is 11.6. The van der Waals surface area contributed by atoms with E-state index in [2.05, 4.69) is 97.0 Å². The van der Waals surface area contributed by atoms with E-state index in [4.69, 9.17) is 9.16 Å². The summed E-state index contributed by atoms with van der Waals surface area (Å²) in [5, 5.41) is 7.54. The number of ether oxygens (including phenoxy) is 1. The van der Waals surface area contributed by atoms with Crippen molar-refractivity contribution < 1.29 is 14.0 Å². The van der Waals surface area contributed by atoms with E-state index in [1.54, 1.807) is 0 Å². The molecule has 1 aromatic heterocycles. The monoisotopic (exact) mass is 598 g/mol. The number of nitrogens with zero attached hydrogens (tertiary/aromatic N) is 2. The Balaban J connectivity index is 1.89. The summed E-state index contributed by atoms with van der Waals surface area (Å²) in [6, 6.07) is 26.8. The Morgan fingerprint density at radius 1 is 0.857 bits per heavy atom. The quantitative estimate of drug-likeness (QED) is 0.203. The van der Waals surface area contributed by atoms with Gasteiger partial charge in [-0.05, 0) is 70.9 Å². The van der Waals surface area contributed by atoms with Crippen molar-refractivity contribution >= 4 is 58.3 Å². The second-order valence-electron chi connectivity index (χ2n) is 10.6. The smallest absolute Gasteiger partial charge is 0.435 e. The molecule has 0 spiro atoms. The average Bonchev–Trinajstić information content (AvgIpc) is 3.13. The second-order valence-corrected chi connectivity index (χ2v) is 15.9. The zero-order valence-corrected chi connectivity index (χ0v) is 24.2. The molecule has 0 saturated heterocycles. The van der Waals surface area contributed by atoms with Crippen molar-refractivity contribution in [3.8, 4) is 5.75 Å². The first-order chi connectivity index (χ1) is 16.4. The molecule has 1 heterocycles. The number of hydrogen-bond donors (Lipinski definition) is 0. The summed E-state index contributed by atoms with van der Waals surface area (Å²) >= 11 is 2.15. The van der Waals surface area contributed by atoms with E-state index >= 15 is 0 Å². The van der Waals surface area contributed by atoms with Crippen molar-refractivity contribution in [2.24, 2.45) is 0 Å². The molecule has 0 aliphatic heterocycles. The highest BCUT2D eigenvalue weighted by Crippen LogP contribution is 2.38. The van der Waals surface area contributed by atoms with Crippen molar-refractivity contribution in [2.45, 2.75) is 52.2 Å². The Bertz CT molecular complexity index is 1300. The summed E-state index contributed by atoms with van der Waals surface area (Å²) in [6.45, 7) is 12.3. The first kappa shape index (κ1) is 25.4. The number of aromatic nitrogens is 2. The normalized spacial score (nSPS) is 12.5. The number of fused-ring (bicyclic) bond motifs is 1. The number of carbonyl (C=O) groups excluding carboxylic acids is 1. The van der Waals surface area contributed by atoms with Gasteiger partial charge in [0.05, 0.1) is 5.52 Å². The van der Waals surface area contributed by atoms with Gasteiger partial charge in [-0.15, -0.1) is 0 Å². The molecule has 0 unspecified atom stereocenters. The zero-order chi connectivity index (χ0) is 25.4. The van der Waals surface area contributed by atoms with Crippen LogP contribution in [0.2, 0.25) is 5.04 Å². The summed E-state index contributed by atoms with van der Waals surface area (Å²) in [5.41, 5.74) is 0.0446. The van der Waals surface area contributed by atoms with Crippen LogP contribution >= 0.6 is 22.6 Å². The molecule has 0 atom stereocenters. The van der Waals surface area contributed by atoms with Crippen LogP contribution in [0.5, 0.6) is 5.75 Å². The lowest BCUT2D eigenvalue weighted by Crippen LogP contribution is -2.68. The largest absolute Gasteiger partial charge is 0.534 e. The maximum atomic E-state index is 12.9.